The number of nitrogens with one attached hydrogen (secondary N) is 7. The zero-order valence-electron chi connectivity index (χ0n) is 57.7. The van der Waals surface area contributed by atoms with Gasteiger partial charge in [-0.3, -0.25) is 33.2 Å². The fraction of sp³-hybridized carbons (Fsp3) is 0.403. The molecule has 0 bridgehead atoms. The number of anilines is 3. The molecule has 0 fully saturated rings. The molecule has 8 aromatic rings. The highest BCUT2D eigenvalue weighted by atomic mass is 32.2. The molecule has 2 aromatic carbocycles. The molecule has 0 unspecified atom stereocenters. The van der Waals surface area contributed by atoms with Crippen molar-refractivity contribution < 1.29 is 74.6 Å². The van der Waals surface area contributed by atoms with Gasteiger partial charge in [-0.1, -0.05) is 24.2 Å². The zero-order valence-corrected chi connectivity index (χ0v) is 59.4. The maximum absolute atomic E-state index is 12.6. The van der Waals surface area contributed by atoms with Gasteiger partial charge >= 0.3 is 35.4 Å². The van der Waals surface area contributed by atoms with Gasteiger partial charge in [0.05, 0.1) is 75.3 Å². The molecule has 0 saturated carbocycles. The van der Waals surface area contributed by atoms with E-state index >= 15 is 0 Å². The van der Waals surface area contributed by atoms with Gasteiger partial charge in [0.25, 0.3) is 43.7 Å². The first kappa shape index (κ1) is 77.1. The van der Waals surface area contributed by atoms with Crippen LogP contribution in [0.5, 0.6) is 0 Å². The Morgan fingerprint density at radius 1 is 0.542 bits per heavy atom. The second kappa shape index (κ2) is 33.1. The number of aryl methyl sites for hydroxylation is 5. The number of hydrogen-bond acceptors (Lipinski definition) is 27. The number of ether oxygens (including phenoxy) is 2. The Balaban J connectivity index is 0.000000138. The Labute approximate surface area is 606 Å². The summed E-state index contributed by atoms with van der Waals surface area (Å²) in [6, 6.07) is 11.1. The standard InChI is InChI=1S/C19H21N5O4S.C12H15N.C8H11N3O4.C6H8N4O3S.C6H6N4O3.C6H8N4O.C5H5N3O4/c25-18-15-10-16(22-24(15)8-7-20-18)29(27,28)23-19(26)21-17-13-5-1-3-11(13)9-12-4-2-6-14(12)17;13-12-10-5-1-3-8(10)7-9-4-2-6-11(9)12;1-3-4-10-6(8(12)15-2)5-7(9-10)11(13)14;7-14(12,13)5-3-4-6(11)8-1-2-10(4)9-5;11-6-4-3-5(10(12)13)8-9(4)2-1-7-6;7-5-3-4-6(11)8-1-2-10(4)9-5;1-12-5(9)3-2-4(7-6-3)8(10)11/h9-10H,1-8H2,(H,20,25)(H2,21,23,26);7H,1-6,13H2;5H,3-4H2,1-2H3;3H,1-2H2,(H,8,11)(H2,7,12,13);3H,1-2H2,(H,7,11);3H,1-2H2,(H2,7,9)(H,8,11);2H,1H3,(H,6,7). The van der Waals surface area contributed by atoms with Crippen molar-refractivity contribution in [2.45, 2.75) is 133 Å². The summed E-state index contributed by atoms with van der Waals surface area (Å²) in [7, 11) is -5.64. The van der Waals surface area contributed by atoms with Crippen LogP contribution in [0.1, 0.15) is 146 Å². The van der Waals surface area contributed by atoms with Crippen molar-refractivity contribution in [3.8, 4) is 0 Å². The molecule has 0 atom stereocenters. The smallest absolute Gasteiger partial charge is 0.390 e. The number of carbonyl (C=O) groups is 7. The Hall–Kier alpha value is -12.6. The minimum atomic E-state index is -4.20. The predicted molar refractivity (Wildman–Crippen MR) is 373 cm³/mol. The van der Waals surface area contributed by atoms with Crippen LogP contribution in [0.4, 0.5) is 39.4 Å². The number of fused-ring (bicyclic) bond motifs is 8. The van der Waals surface area contributed by atoms with E-state index in [9.17, 15) is 80.7 Å². The van der Waals surface area contributed by atoms with Crippen molar-refractivity contribution >= 4 is 96.3 Å². The number of aromatic nitrogens is 12. The second-order valence-electron chi connectivity index (χ2n) is 24.6. The Morgan fingerprint density at radius 2 is 0.972 bits per heavy atom. The highest BCUT2D eigenvalue weighted by molar-refractivity contribution is 7.90. The molecular formula is C62H74N24O19S2. The van der Waals surface area contributed by atoms with Crippen molar-refractivity contribution in [3.05, 3.63) is 158 Å². The Morgan fingerprint density at radius 3 is 1.40 bits per heavy atom. The van der Waals surface area contributed by atoms with Crippen molar-refractivity contribution in [2.75, 3.05) is 57.2 Å². The normalized spacial score (nSPS) is 15.0. The van der Waals surface area contributed by atoms with E-state index in [0.29, 0.717) is 70.4 Å². The van der Waals surface area contributed by atoms with Gasteiger partial charge in [-0.2, -0.15) is 33.1 Å². The maximum Gasteiger partial charge on any atom is 0.390 e. The lowest BCUT2D eigenvalue weighted by molar-refractivity contribution is -0.390. The number of aromatic amines is 1. The molecule has 10 heterocycles. The number of hydrogen-bond donors (Lipinski definition) is 10. The molecule has 0 saturated heterocycles. The number of rotatable bonds is 11. The fourth-order valence-electron chi connectivity index (χ4n) is 12.8. The third-order valence-corrected chi connectivity index (χ3v) is 19.6. The molecule has 107 heavy (non-hydrogen) atoms. The minimum Gasteiger partial charge on any atom is -0.464 e. The van der Waals surface area contributed by atoms with Crippen LogP contribution in [0.15, 0.2) is 58.6 Å². The van der Waals surface area contributed by atoms with Crippen LogP contribution >= 0.6 is 0 Å². The first-order chi connectivity index (χ1) is 51.0. The van der Waals surface area contributed by atoms with Gasteiger partial charge in [0.15, 0.2) is 27.1 Å². The number of primary sulfonamides is 1. The molecule has 6 aromatic heterocycles. The molecule has 0 spiro atoms. The summed E-state index contributed by atoms with van der Waals surface area (Å²) in [6.07, 6.45) is 14.1. The maximum atomic E-state index is 12.6. The molecule has 45 heteroatoms. The monoisotopic (exact) mass is 1520 g/mol. The molecule has 6 amide bonds. The summed E-state index contributed by atoms with van der Waals surface area (Å²) < 4.78 is 64.9. The first-order valence-electron chi connectivity index (χ1n) is 33.3. The predicted octanol–water partition coefficient (Wildman–Crippen LogP) is 1.47. The first-order valence-corrected chi connectivity index (χ1v) is 36.4. The Bertz CT molecular complexity index is 5020. The lowest BCUT2D eigenvalue weighted by Crippen LogP contribution is -2.35. The van der Waals surface area contributed by atoms with Crippen LogP contribution in [0.2, 0.25) is 0 Å². The second-order valence-corrected chi connectivity index (χ2v) is 27.7. The molecule has 4 aliphatic carbocycles. The molecule has 0 radical (unpaired) electrons. The average Bonchev–Trinajstić information content (AvgIpc) is 1.64. The third-order valence-electron chi connectivity index (χ3n) is 17.6. The van der Waals surface area contributed by atoms with Gasteiger partial charge < -0.3 is 77.9 Å². The van der Waals surface area contributed by atoms with Crippen molar-refractivity contribution in [1.29, 1.82) is 0 Å². The van der Waals surface area contributed by atoms with E-state index in [1.807, 2.05) is 11.6 Å². The van der Waals surface area contributed by atoms with E-state index in [2.05, 4.69) is 83.9 Å². The molecule has 43 nitrogen and oxygen atoms in total. The van der Waals surface area contributed by atoms with Crippen LogP contribution in [0.3, 0.4) is 0 Å². The number of nitro groups is 3. The summed E-state index contributed by atoms with van der Waals surface area (Å²) in [4.78, 5) is 109. The highest BCUT2D eigenvalue weighted by Crippen LogP contribution is 2.39. The van der Waals surface area contributed by atoms with E-state index in [1.165, 1.54) is 123 Å². The summed E-state index contributed by atoms with van der Waals surface area (Å²) in [6.45, 7) is 6.27. The van der Waals surface area contributed by atoms with Crippen molar-refractivity contribution in [1.82, 2.24) is 85.1 Å². The number of amides is 6. The van der Waals surface area contributed by atoms with E-state index < -0.39 is 52.8 Å². The zero-order chi connectivity index (χ0) is 77.2. The number of methoxy groups -OCH3 is 2. The van der Waals surface area contributed by atoms with Gasteiger partial charge in [-0.25, -0.2) is 32.7 Å². The fourth-order valence-corrected chi connectivity index (χ4v) is 14.1. The van der Waals surface area contributed by atoms with Crippen molar-refractivity contribution in [2.24, 2.45) is 5.14 Å². The number of carbonyl (C=O) groups excluding carboxylic acids is 7. The molecule has 4 aliphatic heterocycles. The van der Waals surface area contributed by atoms with E-state index in [-0.39, 0.29) is 79.6 Å². The van der Waals surface area contributed by atoms with E-state index in [0.717, 1.165) is 79.6 Å². The van der Waals surface area contributed by atoms with Crippen LogP contribution < -0.4 is 47.9 Å². The number of H-pyrrole nitrogens is 1. The number of benzene rings is 2. The van der Waals surface area contributed by atoms with E-state index in [1.54, 1.807) is 10.7 Å². The number of urea groups is 1. The molecule has 13 N–H and O–H groups in total. The lowest BCUT2D eigenvalue weighted by Gasteiger charge is -2.16. The molecular weight excluding hydrogens is 1450 g/mol. The summed E-state index contributed by atoms with van der Waals surface area (Å²) in [5.74, 6) is -3.03. The number of nitrogens with zero attached hydrogens (tertiary/aromatic N) is 14. The van der Waals surface area contributed by atoms with Gasteiger partial charge in [-0.15, -0.1) is 5.10 Å². The molecule has 8 aliphatic rings. The SMILES string of the molecule is CCCn1nc([N+](=O)[O-])cc1C(=O)OC.COC(=O)c1cc([N+](=O)[O-])[nH]n1.NS(=O)(=O)c1cc2n(n1)CCNC2=O.Nc1c2c(cc3c1CCC3)CCC2.Nc1cc2n(n1)CCNC2=O.O=C(Nc1c2c(cc3c1CCC3)CCC2)NS(=O)(=O)c1cc2n(n1)CCNC2=O.O=C1NCCn2nc([N+](=O)[O-])cc21. The third kappa shape index (κ3) is 18.0. The van der Waals surface area contributed by atoms with Crippen LogP contribution in [-0.2, 0) is 114 Å². The van der Waals surface area contributed by atoms with Gasteiger partial charge in [0.2, 0.25) is 0 Å². The minimum absolute atomic E-state index is 0.0968. The highest BCUT2D eigenvalue weighted by Gasteiger charge is 2.32. The summed E-state index contributed by atoms with van der Waals surface area (Å²) in [5.41, 5.74) is 25.4. The topological polar surface area (TPSA) is 604 Å². The molecule has 568 valence electrons. The van der Waals surface area contributed by atoms with Crippen LogP contribution in [-0.4, -0.2) is 173 Å². The number of nitrogen functional groups attached to an aromatic ring is 2. The summed E-state index contributed by atoms with van der Waals surface area (Å²) >= 11 is 0. The van der Waals surface area contributed by atoms with Gasteiger partial charge in [-0.05, 0) is 143 Å². The van der Waals surface area contributed by atoms with Crippen molar-refractivity contribution in [3.63, 3.8) is 0 Å². The number of sulfonamides is 2. The largest absolute Gasteiger partial charge is 0.464 e. The summed E-state index contributed by atoms with van der Waals surface area (Å²) in [5, 5.41) is 72.8. The van der Waals surface area contributed by atoms with Crippen LogP contribution in [0, 0.1) is 30.3 Å². The average molecular weight is 1520 g/mol. The number of esters is 2. The number of nitrogens with two attached hydrogens (primary N) is 3. The van der Waals surface area contributed by atoms with Gasteiger partial charge in [0.1, 0.15) is 22.9 Å². The van der Waals surface area contributed by atoms with Gasteiger partial charge in [0, 0.05) is 55.8 Å². The Kier molecular flexibility index (Phi) is 23.8. The van der Waals surface area contributed by atoms with Crippen LogP contribution in [0.25, 0.3) is 0 Å². The van der Waals surface area contributed by atoms with E-state index in [4.69, 9.17) is 16.6 Å². The lowest BCUT2D eigenvalue weighted by atomic mass is 9.99. The quantitative estimate of drug-likeness (QED) is 0.0379. The molecule has 16 rings (SSSR count).